The van der Waals surface area contributed by atoms with Crippen LogP contribution in [0.25, 0.3) is 0 Å². The van der Waals surface area contributed by atoms with Gasteiger partial charge in [0.05, 0.1) is 0 Å². The minimum Gasteiger partial charge on any atom is -0.444 e. The lowest BCUT2D eigenvalue weighted by Gasteiger charge is -2.31. The number of hydrogen-bond acceptors (Lipinski definition) is 3. The summed E-state index contributed by atoms with van der Waals surface area (Å²) >= 11 is 0. The number of carbonyl (C=O) groups is 1. The normalized spacial score (nSPS) is 26.2. The fraction of sp³-hybridized carbons (Fsp3) is 0.917. The van der Waals surface area contributed by atoms with Crippen molar-refractivity contribution in [3.8, 4) is 0 Å². The molecule has 1 fully saturated rings. The van der Waals surface area contributed by atoms with Crippen LogP contribution in [0.5, 0.6) is 0 Å². The van der Waals surface area contributed by atoms with Gasteiger partial charge in [-0.15, -0.1) is 0 Å². The van der Waals surface area contributed by atoms with E-state index in [0.29, 0.717) is 0 Å². The van der Waals surface area contributed by atoms with E-state index in [1.807, 2.05) is 20.8 Å². The predicted molar refractivity (Wildman–Crippen MR) is 62.2 cm³/mol. The van der Waals surface area contributed by atoms with Crippen molar-refractivity contribution < 1.29 is 14.6 Å². The van der Waals surface area contributed by atoms with Crippen LogP contribution in [0.3, 0.4) is 0 Å². The molecule has 1 saturated carbocycles. The summed E-state index contributed by atoms with van der Waals surface area (Å²) in [5.41, 5.74) is -0.465. The van der Waals surface area contributed by atoms with Gasteiger partial charge in [0.25, 0.3) is 0 Å². The zero-order valence-corrected chi connectivity index (χ0v) is 10.5. The third-order valence-corrected chi connectivity index (χ3v) is 2.85. The van der Waals surface area contributed by atoms with E-state index in [-0.39, 0.29) is 24.7 Å². The van der Waals surface area contributed by atoms with E-state index in [1.165, 1.54) is 0 Å². The number of alkyl carbamates (subject to hydrolysis) is 1. The lowest BCUT2D eigenvalue weighted by atomic mass is 9.85. The number of carbonyl (C=O) groups excluding carboxylic acids is 1. The van der Waals surface area contributed by atoms with Crippen molar-refractivity contribution in [1.29, 1.82) is 0 Å². The molecule has 4 heteroatoms. The molecule has 0 radical (unpaired) electrons. The van der Waals surface area contributed by atoms with Gasteiger partial charge in [0.1, 0.15) is 5.60 Å². The van der Waals surface area contributed by atoms with E-state index < -0.39 is 5.60 Å². The van der Waals surface area contributed by atoms with Gasteiger partial charge in [-0.25, -0.2) is 4.79 Å². The first kappa shape index (κ1) is 13.3. The van der Waals surface area contributed by atoms with Crippen molar-refractivity contribution in [2.45, 2.75) is 58.1 Å². The number of amides is 1. The lowest BCUT2D eigenvalue weighted by Crippen LogP contribution is -2.45. The van der Waals surface area contributed by atoms with Crippen molar-refractivity contribution in [2.75, 3.05) is 6.61 Å². The maximum absolute atomic E-state index is 11.6. The summed E-state index contributed by atoms with van der Waals surface area (Å²) in [7, 11) is 0. The Kier molecular flexibility index (Phi) is 4.59. The zero-order chi connectivity index (χ0) is 12.2. The SMILES string of the molecule is CC(C)(C)OC(=O)N[C@H]1CCCC[C@@H]1CO. The lowest BCUT2D eigenvalue weighted by molar-refractivity contribution is 0.0446. The van der Waals surface area contributed by atoms with Crippen molar-refractivity contribution >= 4 is 6.09 Å². The van der Waals surface area contributed by atoms with Crippen LogP contribution in [0.4, 0.5) is 4.79 Å². The molecule has 1 aliphatic carbocycles. The van der Waals surface area contributed by atoms with Crippen LogP contribution in [-0.2, 0) is 4.74 Å². The first-order chi connectivity index (χ1) is 7.42. The summed E-state index contributed by atoms with van der Waals surface area (Å²) in [6.07, 6.45) is 3.79. The van der Waals surface area contributed by atoms with E-state index in [2.05, 4.69) is 5.32 Å². The summed E-state index contributed by atoms with van der Waals surface area (Å²) in [6, 6.07) is 0.0635. The quantitative estimate of drug-likeness (QED) is 0.762. The van der Waals surface area contributed by atoms with E-state index >= 15 is 0 Å². The third-order valence-electron chi connectivity index (χ3n) is 2.85. The van der Waals surface area contributed by atoms with Crippen molar-refractivity contribution in [2.24, 2.45) is 5.92 Å². The van der Waals surface area contributed by atoms with Crippen LogP contribution in [0.15, 0.2) is 0 Å². The highest BCUT2D eigenvalue weighted by Crippen LogP contribution is 2.24. The van der Waals surface area contributed by atoms with E-state index in [9.17, 15) is 9.90 Å². The third kappa shape index (κ3) is 4.39. The molecular weight excluding hydrogens is 206 g/mol. The first-order valence-corrected chi connectivity index (χ1v) is 6.03. The number of nitrogens with one attached hydrogen (secondary N) is 1. The number of aliphatic hydroxyl groups excluding tert-OH is 1. The number of ether oxygens (including phenoxy) is 1. The number of rotatable bonds is 2. The fourth-order valence-corrected chi connectivity index (χ4v) is 2.08. The van der Waals surface area contributed by atoms with Crippen LogP contribution in [0.2, 0.25) is 0 Å². The van der Waals surface area contributed by atoms with E-state index in [0.717, 1.165) is 25.7 Å². The maximum atomic E-state index is 11.6. The maximum Gasteiger partial charge on any atom is 0.407 e. The summed E-state index contributed by atoms with van der Waals surface area (Å²) < 4.78 is 5.20. The first-order valence-electron chi connectivity index (χ1n) is 6.03. The Labute approximate surface area is 97.4 Å². The summed E-state index contributed by atoms with van der Waals surface area (Å²) in [5.74, 6) is 0.182. The summed E-state index contributed by atoms with van der Waals surface area (Å²) in [5, 5.41) is 12.1. The molecule has 0 aromatic rings. The fourth-order valence-electron chi connectivity index (χ4n) is 2.08. The van der Waals surface area contributed by atoms with Crippen LogP contribution in [-0.4, -0.2) is 29.4 Å². The van der Waals surface area contributed by atoms with Gasteiger partial charge < -0.3 is 15.2 Å². The monoisotopic (exact) mass is 229 g/mol. The largest absolute Gasteiger partial charge is 0.444 e. The molecule has 0 aromatic carbocycles. The molecule has 0 aliphatic heterocycles. The Balaban J connectivity index is 2.42. The van der Waals surface area contributed by atoms with Gasteiger partial charge in [-0.1, -0.05) is 12.8 Å². The summed E-state index contributed by atoms with van der Waals surface area (Å²) in [6.45, 7) is 5.67. The number of aliphatic hydroxyl groups is 1. The second-order valence-corrected chi connectivity index (χ2v) is 5.48. The van der Waals surface area contributed by atoms with Crippen molar-refractivity contribution in [3.63, 3.8) is 0 Å². The molecule has 2 N–H and O–H groups in total. The highest BCUT2D eigenvalue weighted by molar-refractivity contribution is 5.68. The van der Waals surface area contributed by atoms with Crippen molar-refractivity contribution in [3.05, 3.63) is 0 Å². The molecule has 16 heavy (non-hydrogen) atoms. The highest BCUT2D eigenvalue weighted by Gasteiger charge is 2.27. The zero-order valence-electron chi connectivity index (χ0n) is 10.5. The minimum atomic E-state index is -0.465. The molecule has 0 bridgehead atoms. The van der Waals surface area contributed by atoms with Crippen molar-refractivity contribution in [1.82, 2.24) is 5.32 Å². The molecule has 1 aliphatic rings. The highest BCUT2D eigenvalue weighted by atomic mass is 16.6. The van der Waals surface area contributed by atoms with Crippen LogP contribution < -0.4 is 5.32 Å². The second-order valence-electron chi connectivity index (χ2n) is 5.48. The average molecular weight is 229 g/mol. The molecule has 4 nitrogen and oxygen atoms in total. The molecule has 0 aromatic heterocycles. The second kappa shape index (κ2) is 5.53. The van der Waals surface area contributed by atoms with Gasteiger partial charge in [-0.05, 0) is 33.6 Å². The van der Waals surface area contributed by atoms with Gasteiger partial charge in [0.15, 0.2) is 0 Å². The van der Waals surface area contributed by atoms with Gasteiger partial charge in [0, 0.05) is 18.6 Å². The molecule has 2 atom stereocenters. The molecule has 0 saturated heterocycles. The average Bonchev–Trinajstić information content (AvgIpc) is 2.15. The Morgan fingerprint density at radius 1 is 1.38 bits per heavy atom. The Morgan fingerprint density at radius 2 is 2.00 bits per heavy atom. The Morgan fingerprint density at radius 3 is 2.56 bits per heavy atom. The Bertz CT molecular complexity index is 235. The van der Waals surface area contributed by atoms with Crippen LogP contribution in [0, 0.1) is 5.92 Å². The molecule has 0 spiro atoms. The summed E-state index contributed by atoms with van der Waals surface area (Å²) in [4.78, 5) is 11.6. The van der Waals surface area contributed by atoms with Gasteiger partial charge in [-0.2, -0.15) is 0 Å². The van der Waals surface area contributed by atoms with Gasteiger partial charge >= 0.3 is 6.09 Å². The van der Waals surface area contributed by atoms with Gasteiger partial charge in [0.2, 0.25) is 0 Å². The molecular formula is C12H23NO3. The topological polar surface area (TPSA) is 58.6 Å². The molecule has 94 valence electrons. The van der Waals surface area contributed by atoms with E-state index in [1.54, 1.807) is 0 Å². The van der Waals surface area contributed by atoms with Crippen LogP contribution >= 0.6 is 0 Å². The molecule has 1 amide bonds. The standard InChI is InChI=1S/C12H23NO3/c1-12(2,3)16-11(15)13-10-7-5-4-6-9(10)8-14/h9-10,14H,4-8H2,1-3H3,(H,13,15)/t9-,10+/m1/s1. The smallest absolute Gasteiger partial charge is 0.407 e. The minimum absolute atomic E-state index is 0.0635. The van der Waals surface area contributed by atoms with E-state index in [4.69, 9.17) is 4.74 Å². The molecule has 1 rings (SSSR count). The Hall–Kier alpha value is -0.770. The van der Waals surface area contributed by atoms with Crippen LogP contribution in [0.1, 0.15) is 46.5 Å². The predicted octanol–water partition coefficient (Wildman–Crippen LogP) is 2.06. The molecule has 0 unspecified atom stereocenters. The number of hydrogen-bond donors (Lipinski definition) is 2. The molecule has 0 heterocycles. The van der Waals surface area contributed by atoms with Gasteiger partial charge in [-0.3, -0.25) is 0 Å².